The molecule has 0 radical (unpaired) electrons. The molecule has 0 aliphatic carbocycles. The first-order chi connectivity index (χ1) is 8.35. The summed E-state index contributed by atoms with van der Waals surface area (Å²) in [5, 5.41) is 3.02. The molecule has 98 valence electrons. The summed E-state index contributed by atoms with van der Waals surface area (Å²) in [5.74, 6) is 0.700. The van der Waals surface area contributed by atoms with Crippen LogP contribution in [0.1, 0.15) is 17.8 Å². The number of nitrogens with one attached hydrogen (secondary N) is 1. The average Bonchev–Trinajstić information content (AvgIpc) is 2.57. The molecule has 0 bridgehead atoms. The first-order valence-corrected chi connectivity index (χ1v) is 7.71. The van der Waals surface area contributed by atoms with Crippen LogP contribution in [-0.2, 0) is 9.84 Å². The normalized spacial score (nSPS) is 21.7. The maximum absolute atomic E-state index is 11.4. The van der Waals surface area contributed by atoms with Crippen molar-refractivity contribution in [2.75, 3.05) is 16.8 Å². The Hall–Kier alpha value is -1.28. The van der Waals surface area contributed by atoms with Crippen LogP contribution in [0.4, 0.5) is 5.95 Å². The van der Waals surface area contributed by atoms with Crippen molar-refractivity contribution >= 4 is 33.0 Å². The van der Waals surface area contributed by atoms with E-state index in [-0.39, 0.29) is 22.5 Å². The third kappa shape index (κ3) is 3.14. The van der Waals surface area contributed by atoms with Gasteiger partial charge >= 0.3 is 0 Å². The van der Waals surface area contributed by atoms with E-state index < -0.39 is 9.84 Å². The first kappa shape index (κ1) is 13.2. The van der Waals surface area contributed by atoms with Crippen molar-refractivity contribution in [2.24, 2.45) is 5.73 Å². The van der Waals surface area contributed by atoms with Crippen LogP contribution < -0.4 is 11.1 Å². The number of anilines is 1. The zero-order valence-electron chi connectivity index (χ0n) is 9.88. The molecule has 6 nitrogen and oxygen atoms in total. The van der Waals surface area contributed by atoms with E-state index in [1.54, 1.807) is 13.0 Å². The second kappa shape index (κ2) is 4.77. The third-order valence-corrected chi connectivity index (χ3v) is 4.65. The molecule has 1 aliphatic heterocycles. The molecule has 1 unspecified atom stereocenters. The molecule has 2 rings (SSSR count). The molecule has 18 heavy (non-hydrogen) atoms. The molecule has 1 saturated heterocycles. The van der Waals surface area contributed by atoms with Gasteiger partial charge in [-0.25, -0.2) is 18.4 Å². The standard InChI is InChI=1S/C10H14N4O2S2/c1-6-4-8(9(11)17)14-10(12-6)13-7-2-3-18(15,16)5-7/h4,7H,2-3,5H2,1H3,(H2,11,17)(H,12,13,14). The van der Waals surface area contributed by atoms with Crippen molar-refractivity contribution in [1.82, 2.24) is 9.97 Å². The summed E-state index contributed by atoms with van der Waals surface area (Å²) < 4.78 is 22.7. The highest BCUT2D eigenvalue weighted by atomic mass is 32.2. The predicted molar refractivity (Wildman–Crippen MR) is 73.3 cm³/mol. The van der Waals surface area contributed by atoms with Crippen molar-refractivity contribution in [3.63, 3.8) is 0 Å². The lowest BCUT2D eigenvalue weighted by atomic mass is 10.3. The minimum Gasteiger partial charge on any atom is -0.388 e. The summed E-state index contributed by atoms with van der Waals surface area (Å²) in [6.07, 6.45) is 0.571. The van der Waals surface area contributed by atoms with Gasteiger partial charge in [0, 0.05) is 11.7 Å². The Labute approximate surface area is 111 Å². The smallest absolute Gasteiger partial charge is 0.223 e. The van der Waals surface area contributed by atoms with Crippen LogP contribution in [0, 0.1) is 6.92 Å². The fourth-order valence-electron chi connectivity index (χ4n) is 1.85. The van der Waals surface area contributed by atoms with E-state index in [1.165, 1.54) is 0 Å². The largest absolute Gasteiger partial charge is 0.388 e. The molecule has 3 N–H and O–H groups in total. The third-order valence-electron chi connectivity index (χ3n) is 2.67. The Morgan fingerprint density at radius 2 is 2.28 bits per heavy atom. The molecule has 0 spiro atoms. The van der Waals surface area contributed by atoms with E-state index in [1.807, 2.05) is 0 Å². The van der Waals surface area contributed by atoms with Crippen LogP contribution in [-0.4, -0.2) is 40.9 Å². The highest BCUT2D eigenvalue weighted by Gasteiger charge is 2.28. The van der Waals surface area contributed by atoms with E-state index in [4.69, 9.17) is 18.0 Å². The number of nitrogens with zero attached hydrogens (tertiary/aromatic N) is 2. The van der Waals surface area contributed by atoms with Crippen molar-refractivity contribution in [3.8, 4) is 0 Å². The van der Waals surface area contributed by atoms with Crippen LogP contribution in [0.25, 0.3) is 0 Å². The van der Waals surface area contributed by atoms with Gasteiger partial charge in [0.15, 0.2) is 9.84 Å². The molecule has 1 fully saturated rings. The Morgan fingerprint density at radius 1 is 1.56 bits per heavy atom. The number of rotatable bonds is 3. The number of sulfone groups is 1. The second-order valence-electron chi connectivity index (χ2n) is 4.33. The second-order valence-corrected chi connectivity index (χ2v) is 7.00. The SMILES string of the molecule is Cc1cc(C(N)=S)nc(NC2CCS(=O)(=O)C2)n1. The average molecular weight is 286 g/mol. The maximum atomic E-state index is 11.4. The van der Waals surface area contributed by atoms with Gasteiger partial charge in [0.1, 0.15) is 10.7 Å². The number of aromatic nitrogens is 2. The summed E-state index contributed by atoms with van der Waals surface area (Å²) >= 11 is 4.86. The maximum Gasteiger partial charge on any atom is 0.223 e. The van der Waals surface area contributed by atoms with Gasteiger partial charge in [0.05, 0.1) is 11.5 Å². The van der Waals surface area contributed by atoms with Crippen LogP contribution >= 0.6 is 12.2 Å². The van der Waals surface area contributed by atoms with Crippen molar-refractivity contribution in [3.05, 3.63) is 17.5 Å². The van der Waals surface area contributed by atoms with Gasteiger partial charge in [-0.2, -0.15) is 0 Å². The number of hydrogen-bond acceptors (Lipinski definition) is 6. The summed E-state index contributed by atoms with van der Waals surface area (Å²) in [6.45, 7) is 1.81. The summed E-state index contributed by atoms with van der Waals surface area (Å²) in [4.78, 5) is 8.55. The molecular formula is C10H14N4O2S2. The van der Waals surface area contributed by atoms with E-state index in [2.05, 4.69) is 15.3 Å². The van der Waals surface area contributed by atoms with Gasteiger partial charge in [-0.05, 0) is 19.4 Å². The van der Waals surface area contributed by atoms with Gasteiger partial charge < -0.3 is 11.1 Å². The Morgan fingerprint density at radius 3 is 2.83 bits per heavy atom. The number of hydrogen-bond donors (Lipinski definition) is 2. The van der Waals surface area contributed by atoms with Crippen molar-refractivity contribution in [2.45, 2.75) is 19.4 Å². The summed E-state index contributed by atoms with van der Waals surface area (Å²) in [5.41, 5.74) is 6.74. The van der Waals surface area contributed by atoms with Crippen LogP contribution in [0.2, 0.25) is 0 Å². The molecule has 1 aromatic heterocycles. The van der Waals surface area contributed by atoms with Crippen molar-refractivity contribution in [1.29, 1.82) is 0 Å². The van der Waals surface area contributed by atoms with Crippen LogP contribution in [0.3, 0.4) is 0 Å². The van der Waals surface area contributed by atoms with Crippen LogP contribution in [0.15, 0.2) is 6.07 Å². The Bertz CT molecular complexity index is 586. The minimum absolute atomic E-state index is 0.118. The van der Waals surface area contributed by atoms with Gasteiger partial charge in [-0.3, -0.25) is 0 Å². The molecule has 1 atom stereocenters. The van der Waals surface area contributed by atoms with Gasteiger partial charge in [-0.15, -0.1) is 0 Å². The van der Waals surface area contributed by atoms with Gasteiger partial charge in [0.25, 0.3) is 0 Å². The zero-order valence-corrected chi connectivity index (χ0v) is 11.5. The number of thiocarbonyl (C=S) groups is 1. The monoisotopic (exact) mass is 286 g/mol. The fraction of sp³-hybridized carbons (Fsp3) is 0.500. The lowest BCUT2D eigenvalue weighted by molar-refractivity contribution is 0.602. The van der Waals surface area contributed by atoms with E-state index in [0.717, 1.165) is 5.69 Å². The topological polar surface area (TPSA) is 98.0 Å². The lowest BCUT2D eigenvalue weighted by Gasteiger charge is -2.11. The molecule has 0 amide bonds. The van der Waals surface area contributed by atoms with Crippen molar-refractivity contribution < 1.29 is 8.42 Å². The number of aryl methyl sites for hydroxylation is 1. The molecule has 8 heteroatoms. The highest BCUT2D eigenvalue weighted by molar-refractivity contribution is 7.91. The molecule has 0 saturated carbocycles. The minimum atomic E-state index is -2.92. The summed E-state index contributed by atoms with van der Waals surface area (Å²) in [7, 11) is -2.92. The summed E-state index contributed by atoms with van der Waals surface area (Å²) in [6, 6.07) is 1.55. The van der Waals surface area contributed by atoms with E-state index in [0.29, 0.717) is 18.1 Å². The zero-order chi connectivity index (χ0) is 13.3. The quantitative estimate of drug-likeness (QED) is 0.756. The molecule has 1 aliphatic rings. The molecule has 0 aromatic carbocycles. The Balaban J connectivity index is 2.17. The molecular weight excluding hydrogens is 272 g/mol. The van der Waals surface area contributed by atoms with E-state index >= 15 is 0 Å². The first-order valence-electron chi connectivity index (χ1n) is 5.48. The van der Waals surface area contributed by atoms with Gasteiger partial charge in [-0.1, -0.05) is 12.2 Å². The van der Waals surface area contributed by atoms with E-state index in [9.17, 15) is 8.42 Å². The van der Waals surface area contributed by atoms with Gasteiger partial charge in [0.2, 0.25) is 5.95 Å². The molecule has 1 aromatic rings. The number of nitrogens with two attached hydrogens (primary N) is 1. The highest BCUT2D eigenvalue weighted by Crippen LogP contribution is 2.15. The fourth-order valence-corrected chi connectivity index (χ4v) is 3.63. The lowest BCUT2D eigenvalue weighted by Crippen LogP contribution is -2.23. The van der Waals surface area contributed by atoms with Crippen LogP contribution in [0.5, 0.6) is 0 Å². The Kier molecular flexibility index (Phi) is 3.49. The molecule has 2 heterocycles. The predicted octanol–water partition coefficient (Wildman–Crippen LogP) is 0.0182.